The van der Waals surface area contributed by atoms with Gasteiger partial charge in [-0.2, -0.15) is 0 Å². The highest BCUT2D eigenvalue weighted by Gasteiger charge is 2.40. The fourth-order valence-corrected chi connectivity index (χ4v) is 2.61. The smallest absolute Gasteiger partial charge is 0.0769 e. The van der Waals surface area contributed by atoms with Crippen molar-refractivity contribution in [3.8, 4) is 0 Å². The van der Waals surface area contributed by atoms with E-state index in [1.54, 1.807) is 7.11 Å². The first-order chi connectivity index (χ1) is 7.36. The average molecular weight is 214 g/mol. The highest BCUT2D eigenvalue weighted by Crippen LogP contribution is 2.37. The van der Waals surface area contributed by atoms with E-state index < -0.39 is 0 Å². The molecule has 0 aromatic heterocycles. The molecule has 1 saturated carbocycles. The van der Waals surface area contributed by atoms with E-state index in [4.69, 9.17) is 15.3 Å². The van der Waals surface area contributed by atoms with Gasteiger partial charge in [-0.15, -0.1) is 0 Å². The van der Waals surface area contributed by atoms with E-state index in [-0.39, 0.29) is 12.1 Å². The predicted molar refractivity (Wildman–Crippen MR) is 58.2 cm³/mol. The Labute approximate surface area is 91.5 Å². The van der Waals surface area contributed by atoms with Crippen LogP contribution in [-0.4, -0.2) is 32.5 Å². The average Bonchev–Trinajstić information content (AvgIpc) is 3.11. The van der Waals surface area contributed by atoms with E-state index >= 15 is 0 Å². The third-order valence-corrected chi connectivity index (χ3v) is 3.61. The minimum atomic E-state index is 0.253. The first kappa shape index (κ1) is 11.3. The van der Waals surface area contributed by atoms with E-state index in [1.165, 1.54) is 19.3 Å². The normalized spacial score (nSPS) is 31.2. The molecule has 0 amide bonds. The molecule has 2 fully saturated rings. The lowest BCUT2D eigenvalue weighted by molar-refractivity contribution is -0.0173. The molecule has 88 valence electrons. The zero-order chi connectivity index (χ0) is 10.7. The molecule has 1 aliphatic carbocycles. The number of hydrogen-bond acceptors (Lipinski definition) is 4. The quantitative estimate of drug-likeness (QED) is 0.522. The van der Waals surface area contributed by atoms with Crippen LogP contribution < -0.4 is 11.3 Å². The maximum atomic E-state index is 5.66. The summed E-state index contributed by atoms with van der Waals surface area (Å²) in [6.45, 7) is 1.72. The fraction of sp³-hybridized carbons (Fsp3) is 1.00. The topological polar surface area (TPSA) is 56.5 Å². The zero-order valence-corrected chi connectivity index (χ0v) is 9.45. The molecule has 0 aromatic carbocycles. The van der Waals surface area contributed by atoms with Gasteiger partial charge in [-0.25, -0.2) is 0 Å². The van der Waals surface area contributed by atoms with Gasteiger partial charge in [0.25, 0.3) is 0 Å². The Kier molecular flexibility index (Phi) is 3.97. The summed E-state index contributed by atoms with van der Waals surface area (Å²) in [7, 11) is 1.79. The summed E-state index contributed by atoms with van der Waals surface area (Å²) in [6.07, 6.45) is 5.17. The van der Waals surface area contributed by atoms with Gasteiger partial charge in [0.15, 0.2) is 0 Å². The number of hydrazine groups is 1. The summed E-state index contributed by atoms with van der Waals surface area (Å²) >= 11 is 0. The maximum Gasteiger partial charge on any atom is 0.0769 e. The molecule has 0 aromatic rings. The van der Waals surface area contributed by atoms with Crippen LogP contribution in [0.3, 0.4) is 0 Å². The van der Waals surface area contributed by atoms with Crippen molar-refractivity contribution in [1.82, 2.24) is 5.43 Å². The molecule has 0 bridgehead atoms. The number of methoxy groups -OCH3 is 1. The Morgan fingerprint density at radius 2 is 2.13 bits per heavy atom. The number of ether oxygens (including phenoxy) is 2. The number of hydrogen-bond donors (Lipinski definition) is 2. The molecule has 2 aliphatic rings. The van der Waals surface area contributed by atoms with E-state index in [2.05, 4.69) is 5.43 Å². The molecule has 15 heavy (non-hydrogen) atoms. The van der Waals surface area contributed by atoms with Crippen LogP contribution in [0.5, 0.6) is 0 Å². The highest BCUT2D eigenvalue weighted by molar-refractivity contribution is 4.93. The van der Waals surface area contributed by atoms with Crippen molar-refractivity contribution < 1.29 is 9.47 Å². The molecule has 2 rings (SSSR count). The maximum absolute atomic E-state index is 5.66. The predicted octanol–water partition coefficient (Wildman–Crippen LogP) is 0.670. The van der Waals surface area contributed by atoms with Crippen LogP contribution >= 0.6 is 0 Å². The second-order valence-corrected chi connectivity index (χ2v) is 4.71. The van der Waals surface area contributed by atoms with E-state index in [0.29, 0.717) is 11.8 Å². The van der Waals surface area contributed by atoms with Crippen LogP contribution in [0.4, 0.5) is 0 Å². The third-order valence-electron chi connectivity index (χ3n) is 3.61. The summed E-state index contributed by atoms with van der Waals surface area (Å²) in [5.74, 6) is 6.88. The van der Waals surface area contributed by atoms with Crippen LogP contribution in [0, 0.1) is 11.8 Å². The molecule has 4 nitrogen and oxygen atoms in total. The van der Waals surface area contributed by atoms with Gasteiger partial charge in [-0.1, -0.05) is 0 Å². The first-order valence-corrected chi connectivity index (χ1v) is 5.93. The van der Waals surface area contributed by atoms with Crippen LogP contribution in [0.25, 0.3) is 0 Å². The second-order valence-electron chi connectivity index (χ2n) is 4.71. The minimum Gasteiger partial charge on any atom is -0.381 e. The van der Waals surface area contributed by atoms with Gasteiger partial charge in [-0.3, -0.25) is 11.3 Å². The lowest BCUT2D eigenvalue weighted by Crippen LogP contribution is -2.52. The van der Waals surface area contributed by atoms with Crippen molar-refractivity contribution in [2.24, 2.45) is 17.7 Å². The van der Waals surface area contributed by atoms with Crippen LogP contribution in [-0.2, 0) is 9.47 Å². The molecule has 0 spiro atoms. The van der Waals surface area contributed by atoms with E-state index in [9.17, 15) is 0 Å². The molecular formula is C11H22N2O2. The summed E-state index contributed by atoms with van der Waals surface area (Å²) in [5.41, 5.74) is 2.94. The largest absolute Gasteiger partial charge is 0.381 e. The fourth-order valence-electron chi connectivity index (χ4n) is 2.61. The first-order valence-electron chi connectivity index (χ1n) is 5.93. The Bertz CT molecular complexity index is 191. The Hall–Kier alpha value is -0.160. The lowest BCUT2D eigenvalue weighted by Gasteiger charge is -2.34. The standard InChI is InChI=1S/C11H22N2O2/c1-14-11(8-4-5-8)10(13-12)9-3-2-6-15-7-9/h8-11,13H,2-7,12H2,1H3. The van der Waals surface area contributed by atoms with Crippen LogP contribution in [0.1, 0.15) is 25.7 Å². The second kappa shape index (κ2) is 5.25. The Balaban J connectivity index is 1.93. The summed E-state index contributed by atoms with van der Waals surface area (Å²) in [5, 5.41) is 0. The number of rotatable bonds is 5. The SMILES string of the molecule is COC(C1CC1)C(NN)C1CCCOC1. The van der Waals surface area contributed by atoms with E-state index in [1.807, 2.05) is 0 Å². The van der Waals surface area contributed by atoms with Gasteiger partial charge in [-0.05, 0) is 31.6 Å². The summed E-state index contributed by atoms with van der Waals surface area (Å²) in [6, 6.07) is 0.253. The van der Waals surface area contributed by atoms with Crippen molar-refractivity contribution in [3.05, 3.63) is 0 Å². The number of nitrogens with one attached hydrogen (secondary N) is 1. The molecule has 4 heteroatoms. The highest BCUT2D eigenvalue weighted by atomic mass is 16.5. The van der Waals surface area contributed by atoms with Gasteiger partial charge in [0.05, 0.1) is 18.8 Å². The molecular weight excluding hydrogens is 192 g/mol. The summed E-state index contributed by atoms with van der Waals surface area (Å²) in [4.78, 5) is 0. The number of nitrogens with two attached hydrogens (primary N) is 1. The summed E-state index contributed by atoms with van der Waals surface area (Å²) < 4.78 is 11.1. The van der Waals surface area contributed by atoms with Crippen molar-refractivity contribution in [2.75, 3.05) is 20.3 Å². The Morgan fingerprint density at radius 1 is 1.33 bits per heavy atom. The lowest BCUT2D eigenvalue weighted by atomic mass is 9.88. The monoisotopic (exact) mass is 214 g/mol. The molecule has 1 saturated heterocycles. The van der Waals surface area contributed by atoms with Gasteiger partial charge in [0.1, 0.15) is 0 Å². The van der Waals surface area contributed by atoms with Crippen molar-refractivity contribution in [3.63, 3.8) is 0 Å². The van der Waals surface area contributed by atoms with Crippen LogP contribution in [0.15, 0.2) is 0 Å². The van der Waals surface area contributed by atoms with Crippen LogP contribution in [0.2, 0.25) is 0 Å². The molecule has 3 unspecified atom stereocenters. The van der Waals surface area contributed by atoms with Gasteiger partial charge in [0, 0.05) is 19.6 Å². The Morgan fingerprint density at radius 3 is 2.60 bits per heavy atom. The molecule has 1 heterocycles. The van der Waals surface area contributed by atoms with Crippen molar-refractivity contribution in [1.29, 1.82) is 0 Å². The molecule has 0 radical (unpaired) electrons. The minimum absolute atomic E-state index is 0.253. The zero-order valence-electron chi connectivity index (χ0n) is 9.45. The van der Waals surface area contributed by atoms with Crippen molar-refractivity contribution in [2.45, 2.75) is 37.8 Å². The van der Waals surface area contributed by atoms with Gasteiger partial charge >= 0.3 is 0 Å². The van der Waals surface area contributed by atoms with Crippen molar-refractivity contribution >= 4 is 0 Å². The third kappa shape index (κ3) is 2.69. The van der Waals surface area contributed by atoms with Gasteiger partial charge in [0.2, 0.25) is 0 Å². The molecule has 3 N–H and O–H groups in total. The molecule has 1 aliphatic heterocycles. The van der Waals surface area contributed by atoms with Gasteiger partial charge < -0.3 is 9.47 Å². The van der Waals surface area contributed by atoms with E-state index in [0.717, 1.165) is 19.6 Å². The molecule has 3 atom stereocenters.